The predicted octanol–water partition coefficient (Wildman–Crippen LogP) is 2.07. The zero-order valence-corrected chi connectivity index (χ0v) is 12.5. The molecule has 0 unspecified atom stereocenters. The van der Waals surface area contributed by atoms with Crippen LogP contribution in [0.5, 0.6) is 5.75 Å². The summed E-state index contributed by atoms with van der Waals surface area (Å²) < 4.78 is 5.65. The monoisotopic (exact) mass is 288 g/mol. The van der Waals surface area contributed by atoms with E-state index in [0.29, 0.717) is 23.5 Å². The number of aryl methyl sites for hydroxylation is 1. The quantitative estimate of drug-likeness (QED) is 0.883. The van der Waals surface area contributed by atoms with Crippen molar-refractivity contribution in [2.75, 3.05) is 6.61 Å². The lowest BCUT2D eigenvalue weighted by atomic mass is 10.1. The van der Waals surface area contributed by atoms with E-state index in [4.69, 9.17) is 9.84 Å². The molecule has 5 nitrogen and oxygen atoms in total. The van der Waals surface area contributed by atoms with Crippen LogP contribution in [0.4, 0.5) is 0 Å². The normalized spacial score (nSPS) is 10.9. The summed E-state index contributed by atoms with van der Waals surface area (Å²) in [7, 11) is 0. The topological polar surface area (TPSA) is 75.2 Å². The molecular formula is C16H20N2O3. The molecule has 0 atom stereocenters. The highest BCUT2D eigenvalue weighted by molar-refractivity contribution is 5.57. The lowest BCUT2D eigenvalue weighted by Gasteiger charge is -2.11. The van der Waals surface area contributed by atoms with Gasteiger partial charge in [0, 0.05) is 29.8 Å². The maximum Gasteiger partial charge on any atom is 0.254 e. The van der Waals surface area contributed by atoms with Crippen LogP contribution in [0, 0.1) is 6.92 Å². The third kappa shape index (κ3) is 3.70. The first-order valence-corrected chi connectivity index (χ1v) is 6.99. The van der Waals surface area contributed by atoms with Crippen molar-refractivity contribution in [2.24, 2.45) is 0 Å². The summed E-state index contributed by atoms with van der Waals surface area (Å²) in [6.07, 6.45) is 0.395. The molecule has 0 aliphatic heterocycles. The largest absolute Gasteiger partial charge is 0.491 e. The minimum atomic E-state index is -0.207. The molecule has 2 rings (SSSR count). The van der Waals surface area contributed by atoms with Crippen LogP contribution in [0.25, 0.3) is 11.4 Å². The molecule has 1 heterocycles. The van der Waals surface area contributed by atoms with Crippen LogP contribution in [-0.4, -0.2) is 27.8 Å². The third-order valence-electron chi connectivity index (χ3n) is 3.06. The van der Waals surface area contributed by atoms with E-state index in [2.05, 4.69) is 9.97 Å². The van der Waals surface area contributed by atoms with Crippen LogP contribution in [0.15, 0.2) is 29.1 Å². The van der Waals surface area contributed by atoms with E-state index in [1.807, 2.05) is 38.1 Å². The predicted molar refractivity (Wildman–Crippen MR) is 81.6 cm³/mol. The summed E-state index contributed by atoms with van der Waals surface area (Å²) in [6.45, 7) is 5.63. The molecule has 21 heavy (non-hydrogen) atoms. The standard InChI is InChI=1S/C16H20N2O3/c1-10(2)21-13-6-4-5-12(9-13)15-17-11(3)14(7-8-19)16(20)18-15/h4-6,9-10,19H,7-8H2,1-3H3,(H,17,18,20). The van der Waals surface area contributed by atoms with Gasteiger partial charge in [0.1, 0.15) is 11.6 Å². The highest BCUT2D eigenvalue weighted by Crippen LogP contribution is 2.21. The lowest BCUT2D eigenvalue weighted by molar-refractivity contribution is 0.242. The van der Waals surface area contributed by atoms with Crippen LogP contribution in [0.2, 0.25) is 0 Å². The molecule has 0 aliphatic carbocycles. The highest BCUT2D eigenvalue weighted by Gasteiger charge is 2.10. The van der Waals surface area contributed by atoms with Crippen LogP contribution in [-0.2, 0) is 6.42 Å². The summed E-state index contributed by atoms with van der Waals surface area (Å²) >= 11 is 0. The second-order valence-electron chi connectivity index (χ2n) is 5.15. The van der Waals surface area contributed by atoms with E-state index in [0.717, 1.165) is 11.3 Å². The minimum absolute atomic E-state index is 0.0668. The molecule has 2 N–H and O–H groups in total. The van der Waals surface area contributed by atoms with E-state index in [1.54, 1.807) is 6.92 Å². The molecular weight excluding hydrogens is 268 g/mol. The number of hydrogen-bond acceptors (Lipinski definition) is 4. The van der Waals surface area contributed by atoms with Gasteiger partial charge in [-0.1, -0.05) is 12.1 Å². The van der Waals surface area contributed by atoms with Crippen LogP contribution >= 0.6 is 0 Å². The Morgan fingerprint density at radius 3 is 2.76 bits per heavy atom. The highest BCUT2D eigenvalue weighted by atomic mass is 16.5. The van der Waals surface area contributed by atoms with Gasteiger partial charge < -0.3 is 14.8 Å². The van der Waals surface area contributed by atoms with Gasteiger partial charge in [0.25, 0.3) is 5.56 Å². The van der Waals surface area contributed by atoms with Gasteiger partial charge in [-0.3, -0.25) is 4.79 Å². The second kappa shape index (κ2) is 6.54. The average molecular weight is 288 g/mol. The molecule has 0 amide bonds. The summed E-state index contributed by atoms with van der Waals surface area (Å²) in [5, 5.41) is 8.98. The average Bonchev–Trinajstić information content (AvgIpc) is 2.42. The Hall–Kier alpha value is -2.14. The fraction of sp³-hybridized carbons (Fsp3) is 0.375. The van der Waals surface area contributed by atoms with Gasteiger partial charge in [0.05, 0.1) is 6.10 Å². The van der Waals surface area contributed by atoms with Gasteiger partial charge in [-0.25, -0.2) is 4.98 Å². The van der Waals surface area contributed by atoms with Gasteiger partial charge in [-0.05, 0) is 32.9 Å². The fourth-order valence-corrected chi connectivity index (χ4v) is 2.14. The SMILES string of the molecule is Cc1nc(-c2cccc(OC(C)C)c2)[nH]c(=O)c1CCO. The van der Waals surface area contributed by atoms with Crippen LogP contribution in [0.1, 0.15) is 25.1 Å². The smallest absolute Gasteiger partial charge is 0.254 e. The van der Waals surface area contributed by atoms with E-state index in [1.165, 1.54) is 0 Å². The Labute approximate surface area is 123 Å². The van der Waals surface area contributed by atoms with Crippen molar-refractivity contribution >= 4 is 0 Å². The van der Waals surface area contributed by atoms with Crippen molar-refractivity contribution in [3.63, 3.8) is 0 Å². The van der Waals surface area contributed by atoms with Crippen molar-refractivity contribution in [1.29, 1.82) is 0 Å². The molecule has 0 fully saturated rings. The maximum absolute atomic E-state index is 12.0. The van der Waals surface area contributed by atoms with Gasteiger partial charge in [0.15, 0.2) is 0 Å². The summed E-state index contributed by atoms with van der Waals surface area (Å²) in [5.74, 6) is 1.25. The number of H-pyrrole nitrogens is 1. The first-order valence-electron chi connectivity index (χ1n) is 6.99. The van der Waals surface area contributed by atoms with Crippen LogP contribution < -0.4 is 10.3 Å². The molecule has 2 aromatic rings. The number of rotatable bonds is 5. The molecule has 0 saturated heterocycles. The van der Waals surface area contributed by atoms with Crippen molar-refractivity contribution in [3.8, 4) is 17.1 Å². The van der Waals surface area contributed by atoms with E-state index >= 15 is 0 Å². The lowest BCUT2D eigenvalue weighted by Crippen LogP contribution is -2.18. The van der Waals surface area contributed by atoms with Gasteiger partial charge in [0.2, 0.25) is 0 Å². The Balaban J connectivity index is 2.41. The van der Waals surface area contributed by atoms with Crippen molar-refractivity contribution in [2.45, 2.75) is 33.3 Å². The first-order chi connectivity index (χ1) is 10.0. The third-order valence-corrected chi connectivity index (χ3v) is 3.06. The first kappa shape index (κ1) is 15.3. The molecule has 0 saturated carbocycles. The number of ether oxygens (including phenoxy) is 1. The number of benzene rings is 1. The van der Waals surface area contributed by atoms with Crippen molar-refractivity contribution in [1.82, 2.24) is 9.97 Å². The number of aliphatic hydroxyl groups excluding tert-OH is 1. The molecule has 112 valence electrons. The Kier molecular flexibility index (Phi) is 4.75. The Morgan fingerprint density at radius 1 is 1.38 bits per heavy atom. The zero-order valence-electron chi connectivity index (χ0n) is 12.5. The summed E-state index contributed by atoms with van der Waals surface area (Å²) in [4.78, 5) is 19.2. The van der Waals surface area contributed by atoms with Gasteiger partial charge in [-0.2, -0.15) is 0 Å². The van der Waals surface area contributed by atoms with Gasteiger partial charge in [-0.15, -0.1) is 0 Å². The molecule has 1 aromatic carbocycles. The Morgan fingerprint density at radius 2 is 2.14 bits per heavy atom. The van der Waals surface area contributed by atoms with Crippen molar-refractivity contribution < 1.29 is 9.84 Å². The van der Waals surface area contributed by atoms with Crippen LogP contribution in [0.3, 0.4) is 0 Å². The summed E-state index contributed by atoms with van der Waals surface area (Å²) in [5.41, 5.74) is 1.75. The number of nitrogens with zero attached hydrogens (tertiary/aromatic N) is 1. The zero-order chi connectivity index (χ0) is 15.4. The van der Waals surface area contributed by atoms with Gasteiger partial charge >= 0.3 is 0 Å². The van der Waals surface area contributed by atoms with Crippen molar-refractivity contribution in [3.05, 3.63) is 45.9 Å². The number of aromatic amines is 1. The number of nitrogens with one attached hydrogen (secondary N) is 1. The molecule has 0 radical (unpaired) electrons. The molecule has 0 bridgehead atoms. The summed E-state index contributed by atoms with van der Waals surface area (Å²) in [6, 6.07) is 7.46. The minimum Gasteiger partial charge on any atom is -0.491 e. The van der Waals surface area contributed by atoms with E-state index < -0.39 is 0 Å². The Bertz CT molecular complexity index is 677. The van der Waals surface area contributed by atoms with E-state index in [-0.39, 0.29) is 18.3 Å². The molecule has 1 aromatic heterocycles. The molecule has 0 spiro atoms. The number of aromatic nitrogens is 2. The molecule has 0 aliphatic rings. The van der Waals surface area contributed by atoms with E-state index in [9.17, 15) is 4.79 Å². The fourth-order valence-electron chi connectivity index (χ4n) is 2.14. The molecule has 5 heteroatoms. The second-order valence-corrected chi connectivity index (χ2v) is 5.15. The number of aliphatic hydroxyl groups is 1. The maximum atomic E-state index is 12.0. The number of hydrogen-bond donors (Lipinski definition) is 2.